The summed E-state index contributed by atoms with van der Waals surface area (Å²) in [7, 11) is 1.94. The molecule has 0 aliphatic heterocycles. The molecule has 1 aliphatic carbocycles. The van der Waals surface area contributed by atoms with Crippen molar-refractivity contribution in [2.24, 2.45) is 17.5 Å². The van der Waals surface area contributed by atoms with Gasteiger partial charge >= 0.3 is 0 Å². The van der Waals surface area contributed by atoms with Crippen LogP contribution in [0.25, 0.3) is 0 Å². The van der Waals surface area contributed by atoms with Crippen LogP contribution in [0.3, 0.4) is 0 Å². The van der Waals surface area contributed by atoms with Gasteiger partial charge in [0.05, 0.1) is 5.41 Å². The zero-order valence-electron chi connectivity index (χ0n) is 16.7. The maximum Gasteiger partial charge on any atom is 0.227 e. The SMILES string of the molecule is CCNC(=O)C(C)(C)CNC(=NCc1nnc(C)n1C)NC1CCCC1. The molecule has 3 N–H and O–H groups in total. The van der Waals surface area contributed by atoms with Crippen molar-refractivity contribution in [3.8, 4) is 0 Å². The third kappa shape index (κ3) is 5.44. The molecule has 1 fully saturated rings. The lowest BCUT2D eigenvalue weighted by atomic mass is 9.92. The maximum absolute atomic E-state index is 12.2. The van der Waals surface area contributed by atoms with Gasteiger partial charge in [0.2, 0.25) is 5.91 Å². The zero-order chi connectivity index (χ0) is 19.2. The maximum atomic E-state index is 12.2. The normalized spacial score (nSPS) is 16.0. The highest BCUT2D eigenvalue weighted by Gasteiger charge is 2.27. The number of nitrogens with one attached hydrogen (secondary N) is 3. The van der Waals surface area contributed by atoms with Crippen molar-refractivity contribution >= 4 is 11.9 Å². The topological polar surface area (TPSA) is 96.2 Å². The summed E-state index contributed by atoms with van der Waals surface area (Å²) in [4.78, 5) is 16.9. The van der Waals surface area contributed by atoms with Gasteiger partial charge in [-0.2, -0.15) is 0 Å². The van der Waals surface area contributed by atoms with Crippen LogP contribution in [0, 0.1) is 12.3 Å². The molecule has 1 aromatic rings. The number of aryl methyl sites for hydroxylation is 1. The number of carbonyl (C=O) groups excluding carboxylic acids is 1. The van der Waals surface area contributed by atoms with Crippen LogP contribution >= 0.6 is 0 Å². The molecule has 26 heavy (non-hydrogen) atoms. The number of rotatable bonds is 7. The van der Waals surface area contributed by atoms with E-state index in [4.69, 9.17) is 0 Å². The Morgan fingerprint density at radius 3 is 2.54 bits per heavy atom. The van der Waals surface area contributed by atoms with E-state index in [0.717, 1.165) is 30.5 Å². The lowest BCUT2D eigenvalue weighted by molar-refractivity contribution is -0.128. The quantitative estimate of drug-likeness (QED) is 0.501. The lowest BCUT2D eigenvalue weighted by Crippen LogP contribution is -2.49. The molecule has 1 saturated carbocycles. The predicted molar refractivity (Wildman–Crippen MR) is 103 cm³/mol. The van der Waals surface area contributed by atoms with Crippen LogP contribution in [0.2, 0.25) is 0 Å². The lowest BCUT2D eigenvalue weighted by Gasteiger charge is -2.26. The Morgan fingerprint density at radius 2 is 1.96 bits per heavy atom. The minimum Gasteiger partial charge on any atom is -0.356 e. The molecule has 0 spiro atoms. The fourth-order valence-corrected chi connectivity index (χ4v) is 2.94. The molecule has 2 rings (SSSR count). The molecule has 1 heterocycles. The van der Waals surface area contributed by atoms with Crippen LogP contribution in [0.4, 0.5) is 0 Å². The largest absolute Gasteiger partial charge is 0.356 e. The van der Waals surface area contributed by atoms with Gasteiger partial charge in [-0.3, -0.25) is 4.79 Å². The van der Waals surface area contributed by atoms with Gasteiger partial charge < -0.3 is 20.5 Å². The van der Waals surface area contributed by atoms with E-state index in [0.29, 0.717) is 25.7 Å². The van der Waals surface area contributed by atoms with E-state index >= 15 is 0 Å². The molecule has 8 heteroatoms. The van der Waals surface area contributed by atoms with E-state index in [1.807, 2.05) is 39.3 Å². The zero-order valence-corrected chi connectivity index (χ0v) is 16.7. The van der Waals surface area contributed by atoms with Crippen LogP contribution < -0.4 is 16.0 Å². The molecule has 8 nitrogen and oxygen atoms in total. The van der Waals surface area contributed by atoms with E-state index in [2.05, 4.69) is 31.1 Å². The van der Waals surface area contributed by atoms with E-state index < -0.39 is 5.41 Å². The highest BCUT2D eigenvalue weighted by molar-refractivity contribution is 5.84. The smallest absolute Gasteiger partial charge is 0.227 e. The van der Waals surface area contributed by atoms with Crippen molar-refractivity contribution in [2.75, 3.05) is 13.1 Å². The highest BCUT2D eigenvalue weighted by atomic mass is 16.2. The molecule has 0 unspecified atom stereocenters. The molecule has 0 bridgehead atoms. The summed E-state index contributed by atoms with van der Waals surface area (Å²) in [6.45, 7) is 9.31. The first-order valence-corrected chi connectivity index (χ1v) is 9.51. The molecule has 1 aromatic heterocycles. The Labute approximate surface area is 156 Å². The molecular formula is C18H33N7O. The number of aromatic nitrogens is 3. The first-order valence-electron chi connectivity index (χ1n) is 9.51. The Bertz CT molecular complexity index is 629. The second-order valence-electron chi connectivity index (χ2n) is 7.61. The number of amides is 1. The first-order chi connectivity index (χ1) is 12.3. The number of nitrogens with zero attached hydrogens (tertiary/aromatic N) is 4. The van der Waals surface area contributed by atoms with Crippen molar-refractivity contribution in [3.63, 3.8) is 0 Å². The first kappa shape index (κ1) is 20.2. The van der Waals surface area contributed by atoms with Crippen molar-refractivity contribution < 1.29 is 4.79 Å². The van der Waals surface area contributed by atoms with Gasteiger partial charge in [0.25, 0.3) is 0 Å². The summed E-state index contributed by atoms with van der Waals surface area (Å²) in [6.07, 6.45) is 4.81. The number of carbonyl (C=O) groups is 1. The Hall–Kier alpha value is -2.12. The van der Waals surface area contributed by atoms with Crippen molar-refractivity contribution in [2.45, 2.75) is 66.0 Å². The molecule has 0 aromatic carbocycles. The Morgan fingerprint density at radius 1 is 1.27 bits per heavy atom. The summed E-state index contributed by atoms with van der Waals surface area (Å²) in [6, 6.07) is 0.440. The summed E-state index contributed by atoms with van der Waals surface area (Å²) < 4.78 is 1.94. The minimum absolute atomic E-state index is 0.0386. The predicted octanol–water partition coefficient (Wildman–Crippen LogP) is 1.26. The number of aliphatic imine (C=N–C) groups is 1. The fraction of sp³-hybridized carbons (Fsp3) is 0.778. The summed E-state index contributed by atoms with van der Waals surface area (Å²) >= 11 is 0. The van der Waals surface area contributed by atoms with E-state index in [1.54, 1.807) is 0 Å². The number of guanidine groups is 1. The van der Waals surface area contributed by atoms with Gasteiger partial charge in [-0.15, -0.1) is 10.2 Å². The minimum atomic E-state index is -0.518. The molecule has 0 saturated heterocycles. The van der Waals surface area contributed by atoms with Gasteiger partial charge in [-0.05, 0) is 40.5 Å². The second-order valence-corrected chi connectivity index (χ2v) is 7.61. The molecule has 0 atom stereocenters. The van der Waals surface area contributed by atoms with Gasteiger partial charge in [0.15, 0.2) is 11.8 Å². The van der Waals surface area contributed by atoms with E-state index in [-0.39, 0.29) is 5.91 Å². The average Bonchev–Trinajstić information content (AvgIpc) is 3.22. The van der Waals surface area contributed by atoms with Crippen LogP contribution in [0.1, 0.15) is 58.1 Å². The van der Waals surface area contributed by atoms with Gasteiger partial charge in [-0.25, -0.2) is 4.99 Å². The van der Waals surface area contributed by atoms with Crippen molar-refractivity contribution in [1.82, 2.24) is 30.7 Å². The standard InChI is InChI=1S/C18H33N7O/c1-6-19-16(26)18(3,4)12-21-17(22-14-9-7-8-10-14)20-11-15-24-23-13(2)25(15)5/h14H,6-12H2,1-5H3,(H,19,26)(H2,20,21,22). The molecule has 1 aliphatic rings. The number of hydrogen-bond acceptors (Lipinski definition) is 4. The summed E-state index contributed by atoms with van der Waals surface area (Å²) in [5.74, 6) is 2.45. The van der Waals surface area contributed by atoms with Crippen molar-refractivity contribution in [3.05, 3.63) is 11.6 Å². The molecule has 146 valence electrons. The van der Waals surface area contributed by atoms with Crippen LogP contribution in [-0.4, -0.2) is 45.8 Å². The second kappa shape index (κ2) is 9.00. The van der Waals surface area contributed by atoms with Crippen LogP contribution in [-0.2, 0) is 18.4 Å². The monoisotopic (exact) mass is 363 g/mol. The van der Waals surface area contributed by atoms with E-state index in [1.165, 1.54) is 12.8 Å². The molecule has 0 radical (unpaired) electrons. The average molecular weight is 364 g/mol. The molecular weight excluding hydrogens is 330 g/mol. The highest BCUT2D eigenvalue weighted by Crippen LogP contribution is 2.18. The van der Waals surface area contributed by atoms with Gasteiger partial charge in [0, 0.05) is 26.2 Å². The Balaban J connectivity index is 2.03. The third-order valence-electron chi connectivity index (χ3n) is 4.91. The Kier molecular flexibility index (Phi) is 6.99. The summed E-state index contributed by atoms with van der Waals surface area (Å²) in [5.41, 5.74) is -0.518. The third-order valence-corrected chi connectivity index (χ3v) is 4.91. The fourth-order valence-electron chi connectivity index (χ4n) is 2.94. The van der Waals surface area contributed by atoms with Gasteiger partial charge in [0.1, 0.15) is 12.4 Å². The van der Waals surface area contributed by atoms with Gasteiger partial charge in [-0.1, -0.05) is 12.8 Å². The van der Waals surface area contributed by atoms with Crippen LogP contribution in [0.5, 0.6) is 0 Å². The molecule has 1 amide bonds. The summed E-state index contributed by atoms with van der Waals surface area (Å²) in [5, 5.41) is 18.0. The van der Waals surface area contributed by atoms with Crippen LogP contribution in [0.15, 0.2) is 4.99 Å². The van der Waals surface area contributed by atoms with Crippen molar-refractivity contribution in [1.29, 1.82) is 0 Å². The van der Waals surface area contributed by atoms with E-state index in [9.17, 15) is 4.79 Å². The number of hydrogen-bond donors (Lipinski definition) is 3.